The maximum absolute atomic E-state index is 11.9. The average molecular weight is 302 g/mol. The van der Waals surface area contributed by atoms with E-state index in [2.05, 4.69) is 12.2 Å². The number of benzene rings is 1. The molecule has 1 fully saturated rings. The topological polar surface area (TPSA) is 66.5 Å². The maximum atomic E-state index is 11.9. The normalized spacial score (nSPS) is 16.0. The van der Waals surface area contributed by atoms with E-state index in [1.807, 2.05) is 19.1 Å². The number of anilines is 1. The molecular weight excluding hydrogens is 280 g/mol. The molecule has 3 amide bonds. The minimum absolute atomic E-state index is 0.00970. The molecule has 0 aromatic heterocycles. The fraction of sp³-hybridized carbons (Fsp3) is 0.471. The van der Waals surface area contributed by atoms with Gasteiger partial charge < -0.3 is 5.32 Å². The van der Waals surface area contributed by atoms with Crippen molar-refractivity contribution in [2.75, 3.05) is 5.32 Å². The third-order valence-electron chi connectivity index (χ3n) is 3.89. The van der Waals surface area contributed by atoms with Gasteiger partial charge in [-0.3, -0.25) is 19.3 Å². The summed E-state index contributed by atoms with van der Waals surface area (Å²) in [5.74, 6) is -0.226. The Morgan fingerprint density at radius 2 is 1.77 bits per heavy atom. The first-order valence-electron chi connectivity index (χ1n) is 7.74. The van der Waals surface area contributed by atoms with Crippen molar-refractivity contribution in [1.82, 2.24) is 4.90 Å². The lowest BCUT2D eigenvalue weighted by atomic mass is 10.1. The van der Waals surface area contributed by atoms with Crippen molar-refractivity contribution in [3.63, 3.8) is 0 Å². The minimum atomic E-state index is -0.115. The number of amides is 3. The average Bonchev–Trinajstić information content (AvgIpc) is 2.81. The lowest BCUT2D eigenvalue weighted by Crippen LogP contribution is -2.28. The van der Waals surface area contributed by atoms with Crippen molar-refractivity contribution in [2.24, 2.45) is 5.92 Å². The second-order valence-corrected chi connectivity index (χ2v) is 5.75. The van der Waals surface area contributed by atoms with Gasteiger partial charge in [0, 0.05) is 24.4 Å². The molecule has 22 heavy (non-hydrogen) atoms. The molecule has 0 saturated carbocycles. The third-order valence-corrected chi connectivity index (χ3v) is 3.89. The number of nitrogens with one attached hydrogen (secondary N) is 1. The Labute approximate surface area is 130 Å². The molecule has 1 aliphatic heterocycles. The SMILES string of the molecule is CCCC(C)C(=O)Nc1ccc(CN2C(=O)CCC2=O)cc1. The number of nitrogens with zero attached hydrogens (tertiary/aromatic N) is 1. The zero-order valence-corrected chi connectivity index (χ0v) is 13.1. The van der Waals surface area contributed by atoms with E-state index < -0.39 is 0 Å². The van der Waals surface area contributed by atoms with Crippen LogP contribution >= 0.6 is 0 Å². The van der Waals surface area contributed by atoms with Gasteiger partial charge >= 0.3 is 0 Å². The summed E-state index contributed by atoms with van der Waals surface area (Å²) in [6, 6.07) is 7.27. The number of rotatable bonds is 6. The molecule has 0 spiro atoms. The molecule has 1 aromatic carbocycles. The Kier molecular flexibility index (Phi) is 5.31. The van der Waals surface area contributed by atoms with Crippen LogP contribution in [0.1, 0.15) is 45.1 Å². The standard InChI is InChI=1S/C17H22N2O3/c1-3-4-12(2)17(22)18-14-7-5-13(6-8-14)11-19-15(20)9-10-16(19)21/h5-8,12H,3-4,9-11H2,1-2H3,(H,18,22). The lowest BCUT2D eigenvalue weighted by Gasteiger charge is -2.15. The largest absolute Gasteiger partial charge is 0.326 e. The van der Waals surface area contributed by atoms with Crippen LogP contribution in [0.2, 0.25) is 0 Å². The van der Waals surface area contributed by atoms with Gasteiger partial charge in [0.05, 0.1) is 6.54 Å². The summed E-state index contributed by atoms with van der Waals surface area (Å²) < 4.78 is 0. The molecule has 0 aliphatic carbocycles. The maximum Gasteiger partial charge on any atom is 0.229 e. The first-order valence-corrected chi connectivity index (χ1v) is 7.74. The molecule has 0 radical (unpaired) electrons. The number of likely N-dealkylation sites (tertiary alicyclic amines) is 1. The number of imide groups is 1. The zero-order valence-electron chi connectivity index (χ0n) is 13.1. The molecule has 0 bridgehead atoms. The summed E-state index contributed by atoms with van der Waals surface area (Å²) in [7, 11) is 0. The molecule has 1 N–H and O–H groups in total. The quantitative estimate of drug-likeness (QED) is 0.822. The van der Waals surface area contributed by atoms with Crippen LogP contribution in [-0.2, 0) is 20.9 Å². The van der Waals surface area contributed by atoms with Crippen LogP contribution < -0.4 is 5.32 Å². The van der Waals surface area contributed by atoms with Crippen LogP contribution in [0.5, 0.6) is 0 Å². The summed E-state index contributed by atoms with van der Waals surface area (Å²) in [5, 5.41) is 2.88. The third kappa shape index (κ3) is 3.93. The van der Waals surface area contributed by atoms with Gasteiger partial charge in [0.2, 0.25) is 17.7 Å². The fourth-order valence-electron chi connectivity index (χ4n) is 2.50. The highest BCUT2D eigenvalue weighted by molar-refractivity contribution is 6.01. The summed E-state index contributed by atoms with van der Waals surface area (Å²) in [6.07, 6.45) is 2.46. The van der Waals surface area contributed by atoms with Crippen molar-refractivity contribution in [1.29, 1.82) is 0 Å². The number of hydrogen-bond acceptors (Lipinski definition) is 3. The van der Waals surface area contributed by atoms with Gasteiger partial charge in [-0.05, 0) is 24.1 Å². The van der Waals surface area contributed by atoms with Crippen molar-refractivity contribution < 1.29 is 14.4 Å². The molecule has 5 heteroatoms. The van der Waals surface area contributed by atoms with Crippen LogP contribution in [0.25, 0.3) is 0 Å². The molecule has 1 atom stereocenters. The van der Waals surface area contributed by atoms with Gasteiger partial charge in [-0.15, -0.1) is 0 Å². The van der Waals surface area contributed by atoms with E-state index in [1.165, 1.54) is 4.90 Å². The Bertz CT molecular complexity index is 550. The Morgan fingerprint density at radius 1 is 1.18 bits per heavy atom. The fourth-order valence-corrected chi connectivity index (χ4v) is 2.50. The molecule has 2 rings (SSSR count). The Hall–Kier alpha value is -2.17. The van der Waals surface area contributed by atoms with E-state index in [0.717, 1.165) is 24.1 Å². The van der Waals surface area contributed by atoms with Crippen LogP contribution in [0.3, 0.4) is 0 Å². The van der Waals surface area contributed by atoms with E-state index >= 15 is 0 Å². The van der Waals surface area contributed by atoms with Crippen LogP contribution in [0, 0.1) is 5.92 Å². The van der Waals surface area contributed by atoms with Gasteiger partial charge in [-0.2, -0.15) is 0 Å². The summed E-state index contributed by atoms with van der Waals surface area (Å²) in [6.45, 7) is 4.27. The van der Waals surface area contributed by atoms with Crippen molar-refractivity contribution in [2.45, 2.75) is 46.1 Å². The molecule has 118 valence electrons. The monoisotopic (exact) mass is 302 g/mol. The summed E-state index contributed by atoms with van der Waals surface area (Å²) >= 11 is 0. The number of carbonyl (C=O) groups excluding carboxylic acids is 3. The molecule has 1 aromatic rings. The predicted molar refractivity (Wildman–Crippen MR) is 83.9 cm³/mol. The van der Waals surface area contributed by atoms with Crippen molar-refractivity contribution in [3.8, 4) is 0 Å². The first kappa shape index (κ1) is 16.2. The molecule has 1 saturated heterocycles. The second kappa shape index (κ2) is 7.20. The lowest BCUT2D eigenvalue weighted by molar-refractivity contribution is -0.139. The van der Waals surface area contributed by atoms with Gasteiger partial charge in [0.1, 0.15) is 0 Å². The van der Waals surface area contributed by atoms with Crippen molar-refractivity contribution >= 4 is 23.4 Å². The van der Waals surface area contributed by atoms with Gasteiger partial charge in [-0.25, -0.2) is 0 Å². The molecule has 1 aliphatic rings. The number of carbonyl (C=O) groups is 3. The van der Waals surface area contributed by atoms with E-state index in [0.29, 0.717) is 19.4 Å². The zero-order chi connectivity index (χ0) is 16.1. The molecule has 5 nitrogen and oxygen atoms in total. The summed E-state index contributed by atoms with van der Waals surface area (Å²) in [4.78, 5) is 36.4. The number of hydrogen-bond donors (Lipinski definition) is 1. The Balaban J connectivity index is 1.94. The first-order chi connectivity index (χ1) is 10.5. The van der Waals surface area contributed by atoms with Gasteiger partial charge in [-0.1, -0.05) is 32.4 Å². The van der Waals surface area contributed by atoms with E-state index in [1.54, 1.807) is 12.1 Å². The van der Waals surface area contributed by atoms with Gasteiger partial charge in [0.25, 0.3) is 0 Å². The summed E-state index contributed by atoms with van der Waals surface area (Å²) in [5.41, 5.74) is 1.61. The van der Waals surface area contributed by atoms with Crippen LogP contribution in [-0.4, -0.2) is 22.6 Å². The Morgan fingerprint density at radius 3 is 2.32 bits per heavy atom. The predicted octanol–water partition coefficient (Wildman–Crippen LogP) is 2.71. The highest BCUT2D eigenvalue weighted by Gasteiger charge is 2.28. The molecular formula is C17H22N2O3. The highest BCUT2D eigenvalue weighted by atomic mass is 16.2. The molecule has 1 unspecified atom stereocenters. The van der Waals surface area contributed by atoms with E-state index in [4.69, 9.17) is 0 Å². The van der Waals surface area contributed by atoms with Gasteiger partial charge in [0.15, 0.2) is 0 Å². The smallest absolute Gasteiger partial charge is 0.229 e. The second-order valence-electron chi connectivity index (χ2n) is 5.75. The minimum Gasteiger partial charge on any atom is -0.326 e. The highest BCUT2D eigenvalue weighted by Crippen LogP contribution is 2.18. The van der Waals surface area contributed by atoms with Crippen molar-refractivity contribution in [3.05, 3.63) is 29.8 Å². The van der Waals surface area contributed by atoms with Crippen LogP contribution in [0.15, 0.2) is 24.3 Å². The van der Waals surface area contributed by atoms with E-state index in [9.17, 15) is 14.4 Å². The molecule has 1 heterocycles. The van der Waals surface area contributed by atoms with Crippen LogP contribution in [0.4, 0.5) is 5.69 Å². The van der Waals surface area contributed by atoms with E-state index in [-0.39, 0.29) is 23.6 Å².